The van der Waals surface area contributed by atoms with Crippen LogP contribution in [0.5, 0.6) is 0 Å². The standard InChI is InChI=1S/C24H25F2N3O3/c25-18-8-9-21(19(26)14-18)29-15-17(13-22(29)30)23(31)27-20(12-16-6-2-1-3-7-16)24(32)28-10-4-5-11-28/h1-3,6-9,14,17,20H,4-5,10-13,15H2,(H,27,31). The number of halogens is 2. The second-order valence-electron chi connectivity index (χ2n) is 8.28. The van der Waals surface area contributed by atoms with Gasteiger partial charge < -0.3 is 15.1 Å². The molecule has 2 aromatic carbocycles. The lowest BCUT2D eigenvalue weighted by Crippen LogP contribution is -2.50. The van der Waals surface area contributed by atoms with Crippen LogP contribution in [0.4, 0.5) is 14.5 Å². The minimum absolute atomic E-state index is 0.0246. The second-order valence-corrected chi connectivity index (χ2v) is 8.28. The van der Waals surface area contributed by atoms with Crippen LogP contribution in [-0.2, 0) is 20.8 Å². The van der Waals surface area contributed by atoms with Gasteiger partial charge in [-0.1, -0.05) is 30.3 Å². The molecule has 2 heterocycles. The molecule has 0 bridgehead atoms. The van der Waals surface area contributed by atoms with Crippen LogP contribution in [0.2, 0.25) is 0 Å². The van der Waals surface area contributed by atoms with Crippen molar-refractivity contribution in [2.75, 3.05) is 24.5 Å². The van der Waals surface area contributed by atoms with E-state index in [1.54, 1.807) is 4.90 Å². The van der Waals surface area contributed by atoms with Gasteiger partial charge in [-0.2, -0.15) is 0 Å². The van der Waals surface area contributed by atoms with E-state index in [0.717, 1.165) is 29.4 Å². The molecule has 3 amide bonds. The van der Waals surface area contributed by atoms with Crippen LogP contribution in [0, 0.1) is 17.6 Å². The molecule has 6 nitrogen and oxygen atoms in total. The number of amides is 3. The summed E-state index contributed by atoms with van der Waals surface area (Å²) in [4.78, 5) is 41.5. The molecule has 2 aliphatic heterocycles. The second kappa shape index (κ2) is 9.46. The number of nitrogens with one attached hydrogen (secondary N) is 1. The van der Waals surface area contributed by atoms with E-state index in [1.807, 2.05) is 30.3 Å². The summed E-state index contributed by atoms with van der Waals surface area (Å²) in [7, 11) is 0. The first-order valence-corrected chi connectivity index (χ1v) is 10.8. The zero-order valence-electron chi connectivity index (χ0n) is 17.6. The molecule has 0 radical (unpaired) electrons. The van der Waals surface area contributed by atoms with Crippen LogP contribution in [-0.4, -0.2) is 48.3 Å². The minimum atomic E-state index is -0.856. The minimum Gasteiger partial charge on any atom is -0.344 e. The molecule has 168 valence electrons. The fourth-order valence-corrected chi connectivity index (χ4v) is 4.31. The van der Waals surface area contributed by atoms with Crippen molar-refractivity contribution >= 4 is 23.4 Å². The average Bonchev–Trinajstić information content (AvgIpc) is 3.44. The van der Waals surface area contributed by atoms with Gasteiger partial charge in [-0.05, 0) is 30.5 Å². The Bertz CT molecular complexity index is 1010. The molecule has 1 N–H and O–H groups in total. The fraction of sp³-hybridized carbons (Fsp3) is 0.375. The highest BCUT2D eigenvalue weighted by molar-refractivity contribution is 6.01. The molecule has 2 saturated heterocycles. The van der Waals surface area contributed by atoms with Crippen molar-refractivity contribution in [2.24, 2.45) is 5.92 Å². The van der Waals surface area contributed by atoms with E-state index in [2.05, 4.69) is 5.32 Å². The molecular formula is C24H25F2N3O3. The topological polar surface area (TPSA) is 69.7 Å². The van der Waals surface area contributed by atoms with E-state index < -0.39 is 35.4 Å². The summed E-state index contributed by atoms with van der Waals surface area (Å²) < 4.78 is 27.4. The van der Waals surface area contributed by atoms with Crippen LogP contribution >= 0.6 is 0 Å². The summed E-state index contributed by atoms with van der Waals surface area (Å²) >= 11 is 0. The van der Waals surface area contributed by atoms with E-state index >= 15 is 0 Å². The van der Waals surface area contributed by atoms with Gasteiger partial charge in [-0.25, -0.2) is 8.78 Å². The van der Waals surface area contributed by atoms with E-state index in [1.165, 1.54) is 6.07 Å². The molecular weight excluding hydrogens is 416 g/mol. The average molecular weight is 441 g/mol. The number of carbonyl (C=O) groups is 3. The highest BCUT2D eigenvalue weighted by Crippen LogP contribution is 2.28. The number of rotatable bonds is 6. The van der Waals surface area contributed by atoms with Crippen molar-refractivity contribution < 1.29 is 23.2 Å². The molecule has 2 aliphatic rings. The van der Waals surface area contributed by atoms with Gasteiger partial charge in [0.1, 0.15) is 17.7 Å². The van der Waals surface area contributed by atoms with Gasteiger partial charge in [-0.3, -0.25) is 14.4 Å². The van der Waals surface area contributed by atoms with Gasteiger partial charge in [-0.15, -0.1) is 0 Å². The number of carbonyl (C=O) groups excluding carboxylic acids is 3. The number of likely N-dealkylation sites (tertiary alicyclic amines) is 1. The number of hydrogen-bond acceptors (Lipinski definition) is 3. The van der Waals surface area contributed by atoms with E-state index in [9.17, 15) is 23.2 Å². The molecule has 8 heteroatoms. The van der Waals surface area contributed by atoms with Gasteiger partial charge in [0.2, 0.25) is 17.7 Å². The van der Waals surface area contributed by atoms with Gasteiger partial charge >= 0.3 is 0 Å². The smallest absolute Gasteiger partial charge is 0.245 e. The molecule has 0 aliphatic carbocycles. The molecule has 4 rings (SSSR count). The predicted octanol–water partition coefficient (Wildman–Crippen LogP) is 2.67. The maximum absolute atomic E-state index is 14.2. The Morgan fingerprint density at radius 3 is 2.47 bits per heavy atom. The van der Waals surface area contributed by atoms with Crippen LogP contribution in [0.1, 0.15) is 24.8 Å². The summed E-state index contributed by atoms with van der Waals surface area (Å²) in [5, 5.41) is 2.84. The summed E-state index contributed by atoms with van der Waals surface area (Å²) in [6.45, 7) is 1.31. The Balaban J connectivity index is 1.47. The largest absolute Gasteiger partial charge is 0.344 e. The Labute approximate surface area is 185 Å². The third-order valence-electron chi connectivity index (χ3n) is 6.01. The van der Waals surface area contributed by atoms with Crippen molar-refractivity contribution in [3.8, 4) is 0 Å². The first kappa shape index (κ1) is 21.9. The predicted molar refractivity (Wildman–Crippen MR) is 115 cm³/mol. The van der Waals surface area contributed by atoms with Crippen LogP contribution in [0.3, 0.4) is 0 Å². The number of hydrogen-bond donors (Lipinski definition) is 1. The van der Waals surface area contributed by atoms with Gasteiger partial charge in [0, 0.05) is 38.5 Å². The summed E-state index contributed by atoms with van der Waals surface area (Å²) in [6, 6.07) is 11.7. The fourth-order valence-electron chi connectivity index (χ4n) is 4.31. The Morgan fingerprint density at radius 1 is 1.06 bits per heavy atom. The van der Waals surface area contributed by atoms with Gasteiger partial charge in [0.05, 0.1) is 11.6 Å². The summed E-state index contributed by atoms with van der Waals surface area (Å²) in [6.07, 6.45) is 2.12. The van der Waals surface area contributed by atoms with Crippen molar-refractivity contribution in [3.63, 3.8) is 0 Å². The molecule has 0 spiro atoms. The van der Waals surface area contributed by atoms with Crippen LogP contribution in [0.25, 0.3) is 0 Å². The lowest BCUT2D eigenvalue weighted by atomic mass is 10.0. The van der Waals surface area contributed by atoms with Crippen LogP contribution in [0.15, 0.2) is 48.5 Å². The number of benzene rings is 2. The number of anilines is 1. The van der Waals surface area contributed by atoms with Crippen molar-refractivity contribution in [1.82, 2.24) is 10.2 Å². The quantitative estimate of drug-likeness (QED) is 0.750. The molecule has 2 atom stereocenters. The Hall–Kier alpha value is -3.29. The van der Waals surface area contributed by atoms with Gasteiger partial charge in [0.15, 0.2) is 0 Å². The zero-order chi connectivity index (χ0) is 22.7. The van der Waals surface area contributed by atoms with Crippen molar-refractivity contribution in [3.05, 3.63) is 65.7 Å². The van der Waals surface area contributed by atoms with E-state index in [0.29, 0.717) is 25.6 Å². The maximum atomic E-state index is 14.2. The first-order valence-electron chi connectivity index (χ1n) is 10.8. The molecule has 2 fully saturated rings. The third-order valence-corrected chi connectivity index (χ3v) is 6.01. The highest BCUT2D eigenvalue weighted by atomic mass is 19.1. The highest BCUT2D eigenvalue weighted by Gasteiger charge is 2.38. The first-order chi connectivity index (χ1) is 15.4. The van der Waals surface area contributed by atoms with Crippen molar-refractivity contribution in [2.45, 2.75) is 31.7 Å². The normalized spacial score (nSPS) is 19.3. The molecule has 0 aromatic heterocycles. The lowest BCUT2D eigenvalue weighted by Gasteiger charge is -2.25. The monoisotopic (exact) mass is 441 g/mol. The molecule has 2 aromatic rings. The van der Waals surface area contributed by atoms with Crippen molar-refractivity contribution in [1.29, 1.82) is 0 Å². The number of nitrogens with zero attached hydrogens (tertiary/aromatic N) is 2. The summed E-state index contributed by atoms with van der Waals surface area (Å²) in [5.41, 5.74) is 0.864. The van der Waals surface area contributed by atoms with E-state index in [4.69, 9.17) is 0 Å². The lowest BCUT2D eigenvalue weighted by molar-refractivity contribution is -0.136. The third kappa shape index (κ3) is 4.79. The molecule has 0 saturated carbocycles. The summed E-state index contributed by atoms with van der Waals surface area (Å²) in [5.74, 6) is -3.29. The Morgan fingerprint density at radius 2 is 1.78 bits per heavy atom. The maximum Gasteiger partial charge on any atom is 0.245 e. The zero-order valence-corrected chi connectivity index (χ0v) is 17.6. The molecule has 32 heavy (non-hydrogen) atoms. The SMILES string of the molecule is O=C(NC(Cc1ccccc1)C(=O)N1CCCC1)C1CC(=O)N(c2ccc(F)cc2F)C1. The Kier molecular flexibility index (Phi) is 6.48. The van der Waals surface area contributed by atoms with E-state index in [-0.39, 0.29) is 24.6 Å². The van der Waals surface area contributed by atoms with Crippen LogP contribution < -0.4 is 10.2 Å². The van der Waals surface area contributed by atoms with Gasteiger partial charge in [0.25, 0.3) is 0 Å². The molecule has 2 unspecified atom stereocenters.